The van der Waals surface area contributed by atoms with E-state index < -0.39 is 17.8 Å². The number of methoxy groups -OCH3 is 1. The minimum atomic E-state index is -0.872. The second kappa shape index (κ2) is 10.4. The van der Waals surface area contributed by atoms with Gasteiger partial charge in [0, 0.05) is 10.6 Å². The minimum Gasteiger partial charge on any atom is -0.493 e. The summed E-state index contributed by atoms with van der Waals surface area (Å²) < 4.78 is 25.8. The molecule has 1 aliphatic rings. The van der Waals surface area contributed by atoms with Crippen molar-refractivity contribution in [3.63, 3.8) is 0 Å². The van der Waals surface area contributed by atoms with Gasteiger partial charge in [-0.2, -0.15) is 0 Å². The molecule has 0 unspecified atom stereocenters. The van der Waals surface area contributed by atoms with Crippen LogP contribution in [0, 0.1) is 9.39 Å². The molecule has 3 aromatic carbocycles. The van der Waals surface area contributed by atoms with Gasteiger partial charge in [-0.1, -0.05) is 35.9 Å². The number of hydrogen-bond acceptors (Lipinski definition) is 5. The Balaban J connectivity index is 1.65. The van der Waals surface area contributed by atoms with Gasteiger partial charge in [-0.25, -0.2) is 14.1 Å². The summed E-state index contributed by atoms with van der Waals surface area (Å²) in [5.74, 6) is -1.30. The number of imide groups is 2. The predicted molar refractivity (Wildman–Crippen MR) is 137 cm³/mol. The maximum absolute atomic E-state index is 14.0. The number of urea groups is 1. The third-order valence-corrected chi connectivity index (χ3v) is 6.10. The van der Waals surface area contributed by atoms with E-state index in [1.54, 1.807) is 42.5 Å². The van der Waals surface area contributed by atoms with Crippen LogP contribution in [-0.2, 0) is 16.2 Å². The van der Waals surface area contributed by atoms with Crippen molar-refractivity contribution in [2.75, 3.05) is 12.0 Å². The van der Waals surface area contributed by atoms with Crippen LogP contribution >= 0.6 is 34.2 Å². The van der Waals surface area contributed by atoms with Crippen molar-refractivity contribution in [2.45, 2.75) is 6.61 Å². The van der Waals surface area contributed by atoms with Crippen LogP contribution in [0.3, 0.4) is 0 Å². The molecular formula is C25H17ClFIN2O5. The highest BCUT2D eigenvalue weighted by molar-refractivity contribution is 14.1. The topological polar surface area (TPSA) is 84.9 Å². The number of carbonyl (C=O) groups is 3. The van der Waals surface area contributed by atoms with Gasteiger partial charge in [0.05, 0.1) is 16.4 Å². The fourth-order valence-electron chi connectivity index (χ4n) is 3.40. The summed E-state index contributed by atoms with van der Waals surface area (Å²) in [6.07, 6.45) is 1.35. The summed E-state index contributed by atoms with van der Waals surface area (Å²) in [5, 5.41) is 2.50. The fraction of sp³-hybridized carbons (Fsp3) is 0.0800. The number of ether oxygens (including phenoxy) is 2. The summed E-state index contributed by atoms with van der Waals surface area (Å²) in [6.45, 7) is -0.0168. The summed E-state index contributed by atoms with van der Waals surface area (Å²) in [6, 6.07) is 14.8. The highest BCUT2D eigenvalue weighted by Crippen LogP contribution is 2.36. The number of amides is 4. The monoisotopic (exact) mass is 606 g/mol. The van der Waals surface area contributed by atoms with E-state index in [1.165, 1.54) is 31.4 Å². The second-order valence-electron chi connectivity index (χ2n) is 7.35. The Morgan fingerprint density at radius 1 is 1.09 bits per heavy atom. The average Bonchev–Trinajstić information content (AvgIpc) is 2.81. The zero-order valence-corrected chi connectivity index (χ0v) is 21.1. The largest absolute Gasteiger partial charge is 0.493 e. The Morgan fingerprint density at radius 3 is 2.57 bits per heavy atom. The SMILES string of the molecule is COc1cc(/C=C2\C(=O)NC(=O)N(c3cccc(Cl)c3)C2=O)cc(I)c1OCc1ccccc1F. The summed E-state index contributed by atoms with van der Waals surface area (Å²) in [5.41, 5.74) is 0.820. The van der Waals surface area contributed by atoms with Gasteiger partial charge in [0.25, 0.3) is 11.8 Å². The maximum atomic E-state index is 14.0. The first kappa shape index (κ1) is 24.7. The number of carbonyl (C=O) groups excluding carboxylic acids is 3. The van der Waals surface area contributed by atoms with E-state index in [0.29, 0.717) is 31.2 Å². The average molecular weight is 607 g/mol. The van der Waals surface area contributed by atoms with Crippen molar-refractivity contribution in [1.82, 2.24) is 5.32 Å². The molecule has 3 aromatic rings. The van der Waals surface area contributed by atoms with Crippen molar-refractivity contribution in [3.8, 4) is 11.5 Å². The number of hydrogen-bond donors (Lipinski definition) is 1. The van der Waals surface area contributed by atoms with Crippen molar-refractivity contribution in [3.05, 3.63) is 91.8 Å². The summed E-state index contributed by atoms with van der Waals surface area (Å²) in [4.78, 5) is 38.8. The molecule has 10 heteroatoms. The number of rotatable bonds is 6. The van der Waals surface area contributed by atoms with E-state index in [0.717, 1.165) is 4.90 Å². The quantitative estimate of drug-likeness (QED) is 0.233. The van der Waals surface area contributed by atoms with Crippen molar-refractivity contribution in [1.29, 1.82) is 0 Å². The molecule has 0 aliphatic carbocycles. The smallest absolute Gasteiger partial charge is 0.335 e. The molecule has 1 N–H and O–H groups in total. The van der Waals surface area contributed by atoms with Gasteiger partial charge in [0.1, 0.15) is 18.0 Å². The lowest BCUT2D eigenvalue weighted by atomic mass is 10.1. The molecule has 0 spiro atoms. The standard InChI is InChI=1S/C25H17ClFIN2O5/c1-34-21-11-14(10-20(28)22(21)35-13-15-5-2-3-8-19(15)27)9-18-23(31)29-25(33)30(24(18)32)17-7-4-6-16(26)12-17/h2-12H,13H2,1H3,(H,29,31,33)/b18-9+. The Bertz CT molecular complexity index is 1380. The van der Waals surface area contributed by atoms with Crippen LogP contribution in [0.25, 0.3) is 6.08 Å². The first-order valence-corrected chi connectivity index (χ1v) is 11.6. The van der Waals surface area contributed by atoms with E-state index in [4.69, 9.17) is 21.1 Å². The lowest BCUT2D eigenvalue weighted by molar-refractivity contribution is -0.122. The Hall–Kier alpha value is -3.44. The molecular weight excluding hydrogens is 590 g/mol. The predicted octanol–water partition coefficient (Wildman–Crippen LogP) is 5.34. The number of nitrogens with one attached hydrogen (secondary N) is 1. The van der Waals surface area contributed by atoms with Crippen LogP contribution in [0.1, 0.15) is 11.1 Å². The summed E-state index contributed by atoms with van der Waals surface area (Å²) in [7, 11) is 1.44. The van der Waals surface area contributed by atoms with Crippen LogP contribution in [0.15, 0.2) is 66.2 Å². The molecule has 1 saturated heterocycles. The molecule has 178 valence electrons. The zero-order chi connectivity index (χ0) is 25.1. The van der Waals surface area contributed by atoms with Gasteiger partial charge in [-0.3, -0.25) is 14.9 Å². The lowest BCUT2D eigenvalue weighted by Gasteiger charge is -2.26. The Labute approximate surface area is 218 Å². The lowest BCUT2D eigenvalue weighted by Crippen LogP contribution is -2.54. The second-order valence-corrected chi connectivity index (χ2v) is 8.95. The summed E-state index contributed by atoms with van der Waals surface area (Å²) >= 11 is 8.01. The molecule has 1 fully saturated rings. The Kier molecular flexibility index (Phi) is 7.37. The molecule has 4 amide bonds. The van der Waals surface area contributed by atoms with Gasteiger partial charge < -0.3 is 9.47 Å². The van der Waals surface area contributed by atoms with Crippen molar-refractivity contribution >= 4 is 63.8 Å². The van der Waals surface area contributed by atoms with Crippen LogP contribution in [0.5, 0.6) is 11.5 Å². The van der Waals surface area contributed by atoms with Gasteiger partial charge in [0.15, 0.2) is 11.5 Å². The number of benzene rings is 3. The first-order valence-electron chi connectivity index (χ1n) is 10.2. The zero-order valence-electron chi connectivity index (χ0n) is 18.2. The van der Waals surface area contributed by atoms with Crippen molar-refractivity contribution in [2.24, 2.45) is 0 Å². The normalized spacial score (nSPS) is 14.8. The van der Waals surface area contributed by atoms with Gasteiger partial charge in [0.2, 0.25) is 0 Å². The van der Waals surface area contributed by atoms with E-state index in [2.05, 4.69) is 5.32 Å². The van der Waals surface area contributed by atoms with Gasteiger partial charge in [-0.15, -0.1) is 0 Å². The molecule has 0 bridgehead atoms. The maximum Gasteiger partial charge on any atom is 0.335 e. The highest BCUT2D eigenvalue weighted by Gasteiger charge is 2.37. The van der Waals surface area contributed by atoms with Gasteiger partial charge >= 0.3 is 6.03 Å². The molecule has 1 aliphatic heterocycles. The number of barbiturate groups is 1. The molecule has 0 atom stereocenters. The van der Waals surface area contributed by atoms with E-state index in [-0.39, 0.29) is 23.7 Å². The third-order valence-electron chi connectivity index (χ3n) is 5.06. The first-order chi connectivity index (χ1) is 16.8. The molecule has 7 nitrogen and oxygen atoms in total. The van der Waals surface area contributed by atoms with Crippen LogP contribution in [0.2, 0.25) is 5.02 Å². The molecule has 0 saturated carbocycles. The fourth-order valence-corrected chi connectivity index (χ4v) is 4.37. The van der Waals surface area contributed by atoms with E-state index in [1.807, 2.05) is 22.6 Å². The third kappa shape index (κ3) is 5.30. The van der Waals surface area contributed by atoms with Crippen molar-refractivity contribution < 1.29 is 28.2 Å². The van der Waals surface area contributed by atoms with Crippen LogP contribution in [-0.4, -0.2) is 25.0 Å². The molecule has 4 rings (SSSR count). The van der Waals surface area contributed by atoms with Gasteiger partial charge in [-0.05, 0) is 70.6 Å². The van der Waals surface area contributed by atoms with E-state index >= 15 is 0 Å². The molecule has 1 heterocycles. The van der Waals surface area contributed by atoms with Crippen LogP contribution in [0.4, 0.5) is 14.9 Å². The molecule has 35 heavy (non-hydrogen) atoms. The Morgan fingerprint density at radius 2 is 1.86 bits per heavy atom. The van der Waals surface area contributed by atoms with Crippen LogP contribution < -0.4 is 19.7 Å². The molecule has 0 aromatic heterocycles. The number of halogens is 3. The molecule has 0 radical (unpaired) electrons. The number of anilines is 1. The number of nitrogens with zero attached hydrogens (tertiary/aromatic N) is 1. The highest BCUT2D eigenvalue weighted by atomic mass is 127. The minimum absolute atomic E-state index is 0.0168. The van der Waals surface area contributed by atoms with E-state index in [9.17, 15) is 18.8 Å².